The molecule has 0 aromatic heterocycles. The number of aliphatic carboxylic acids is 1. The first-order valence-electron chi connectivity index (χ1n) is 5.63. The molecule has 0 aliphatic carbocycles. The zero-order valence-corrected chi connectivity index (χ0v) is 10.5. The van der Waals surface area contributed by atoms with Crippen LogP contribution in [0.2, 0.25) is 0 Å². The summed E-state index contributed by atoms with van der Waals surface area (Å²) in [6.07, 6.45) is -1.54. The van der Waals surface area contributed by atoms with Gasteiger partial charge in [0.05, 0.1) is 7.11 Å². The molecule has 1 aliphatic heterocycles. The number of ether oxygens (including phenoxy) is 2. The van der Waals surface area contributed by atoms with Crippen molar-refractivity contribution in [3.63, 3.8) is 0 Å². The number of hydrogen-bond donors (Lipinski definition) is 2. The minimum atomic E-state index is -1.10. The van der Waals surface area contributed by atoms with Gasteiger partial charge in [0.25, 0.3) is 5.91 Å². The van der Waals surface area contributed by atoms with Crippen LogP contribution in [0.5, 0.6) is 0 Å². The summed E-state index contributed by atoms with van der Waals surface area (Å²) in [5, 5.41) is 11.3. The molecule has 1 rings (SSSR count). The van der Waals surface area contributed by atoms with Crippen molar-refractivity contribution in [1.29, 1.82) is 0 Å². The molecular weight excluding hydrogens is 242 g/mol. The van der Waals surface area contributed by atoms with E-state index >= 15 is 0 Å². The average Bonchev–Trinajstić information content (AvgIpc) is 3.06. The lowest BCUT2D eigenvalue weighted by molar-refractivity contribution is -0.142. The van der Waals surface area contributed by atoms with Gasteiger partial charge in [-0.1, -0.05) is 13.8 Å². The van der Waals surface area contributed by atoms with E-state index in [1.807, 2.05) is 13.8 Å². The second-order valence-electron chi connectivity index (χ2n) is 4.53. The summed E-state index contributed by atoms with van der Waals surface area (Å²) in [5.74, 6) is -2.21. The minimum absolute atomic E-state index is 0.128. The van der Waals surface area contributed by atoms with Crippen molar-refractivity contribution in [3.8, 4) is 0 Å². The van der Waals surface area contributed by atoms with Gasteiger partial charge in [0.1, 0.15) is 6.04 Å². The van der Waals surface area contributed by atoms with Crippen LogP contribution in [0.15, 0.2) is 0 Å². The Morgan fingerprint density at radius 3 is 2.39 bits per heavy atom. The number of carbonyl (C=O) groups is 3. The van der Waals surface area contributed by atoms with Gasteiger partial charge < -0.3 is 19.9 Å². The predicted molar refractivity (Wildman–Crippen MR) is 59.7 cm³/mol. The van der Waals surface area contributed by atoms with Gasteiger partial charge in [0, 0.05) is 0 Å². The summed E-state index contributed by atoms with van der Waals surface area (Å²) in [7, 11) is 1.19. The van der Waals surface area contributed by atoms with Crippen LogP contribution in [0.25, 0.3) is 0 Å². The van der Waals surface area contributed by atoms with Crippen LogP contribution in [0.3, 0.4) is 0 Å². The smallest absolute Gasteiger partial charge is 0.338 e. The number of nitrogens with one attached hydrogen (secondary N) is 1. The van der Waals surface area contributed by atoms with Crippen molar-refractivity contribution >= 4 is 17.8 Å². The number of carboxylic acid groups (broad SMARTS) is 1. The quantitative estimate of drug-likeness (QED) is 0.494. The van der Waals surface area contributed by atoms with Crippen LogP contribution < -0.4 is 5.32 Å². The monoisotopic (exact) mass is 259 g/mol. The largest absolute Gasteiger partial charge is 0.480 e. The summed E-state index contributed by atoms with van der Waals surface area (Å²) in [5.41, 5.74) is 0. The van der Waals surface area contributed by atoms with Crippen molar-refractivity contribution in [2.24, 2.45) is 5.92 Å². The fourth-order valence-electron chi connectivity index (χ4n) is 1.55. The van der Waals surface area contributed by atoms with Crippen LogP contribution in [0.1, 0.15) is 20.3 Å². The van der Waals surface area contributed by atoms with E-state index in [1.165, 1.54) is 7.11 Å². The molecule has 1 fully saturated rings. The van der Waals surface area contributed by atoms with Crippen molar-refractivity contribution in [1.82, 2.24) is 5.32 Å². The van der Waals surface area contributed by atoms with Crippen molar-refractivity contribution in [3.05, 3.63) is 0 Å². The molecule has 0 aromatic rings. The van der Waals surface area contributed by atoms with E-state index in [2.05, 4.69) is 10.1 Å². The third-order valence-electron chi connectivity index (χ3n) is 2.51. The first-order valence-corrected chi connectivity index (χ1v) is 5.63. The Labute approximate surface area is 104 Å². The van der Waals surface area contributed by atoms with E-state index in [9.17, 15) is 14.4 Å². The summed E-state index contributed by atoms with van der Waals surface area (Å²) in [4.78, 5) is 33.6. The number of methoxy groups -OCH3 is 1. The molecule has 2 N–H and O–H groups in total. The highest BCUT2D eigenvalue weighted by Crippen LogP contribution is 2.23. The van der Waals surface area contributed by atoms with Gasteiger partial charge in [0.15, 0.2) is 12.2 Å². The maximum absolute atomic E-state index is 11.6. The van der Waals surface area contributed by atoms with E-state index in [0.717, 1.165) is 0 Å². The van der Waals surface area contributed by atoms with Crippen LogP contribution in [0, 0.1) is 5.92 Å². The van der Waals surface area contributed by atoms with Gasteiger partial charge in [0.2, 0.25) is 0 Å². The van der Waals surface area contributed by atoms with E-state index < -0.39 is 36.1 Å². The van der Waals surface area contributed by atoms with E-state index in [-0.39, 0.29) is 5.92 Å². The van der Waals surface area contributed by atoms with Gasteiger partial charge in [-0.15, -0.1) is 0 Å². The Balaban J connectivity index is 2.48. The van der Waals surface area contributed by atoms with Gasteiger partial charge in [-0.3, -0.25) is 4.79 Å². The molecule has 3 atom stereocenters. The zero-order chi connectivity index (χ0) is 13.9. The number of rotatable bonds is 6. The lowest BCUT2D eigenvalue weighted by Crippen LogP contribution is -2.44. The Hall–Kier alpha value is -1.63. The second-order valence-corrected chi connectivity index (χ2v) is 4.53. The molecular formula is C11H17NO6. The third-order valence-corrected chi connectivity index (χ3v) is 2.51. The molecule has 1 aliphatic rings. The average molecular weight is 259 g/mol. The molecule has 1 amide bonds. The molecule has 2 unspecified atom stereocenters. The number of amides is 1. The van der Waals surface area contributed by atoms with Crippen LogP contribution in [0.4, 0.5) is 0 Å². The fraction of sp³-hybridized carbons (Fsp3) is 0.727. The summed E-state index contributed by atoms with van der Waals surface area (Å²) < 4.78 is 9.25. The normalized spacial score (nSPS) is 23.3. The molecule has 0 spiro atoms. The highest BCUT2D eigenvalue weighted by molar-refractivity contribution is 5.94. The molecule has 0 bridgehead atoms. The molecule has 7 nitrogen and oxygen atoms in total. The Bertz CT molecular complexity index is 353. The maximum Gasteiger partial charge on any atom is 0.338 e. The zero-order valence-electron chi connectivity index (χ0n) is 10.5. The molecule has 0 radical (unpaired) electrons. The van der Waals surface area contributed by atoms with Crippen LogP contribution in [-0.4, -0.2) is 48.3 Å². The molecule has 7 heteroatoms. The summed E-state index contributed by atoms with van der Waals surface area (Å²) >= 11 is 0. The van der Waals surface area contributed by atoms with Crippen LogP contribution in [-0.2, 0) is 23.9 Å². The number of carbonyl (C=O) groups excluding carboxylic acids is 2. The topological polar surface area (TPSA) is 105 Å². The molecule has 18 heavy (non-hydrogen) atoms. The van der Waals surface area contributed by atoms with Crippen LogP contribution >= 0.6 is 0 Å². The number of hydrogen-bond acceptors (Lipinski definition) is 5. The minimum Gasteiger partial charge on any atom is -0.480 e. The second kappa shape index (κ2) is 5.81. The third kappa shape index (κ3) is 3.69. The van der Waals surface area contributed by atoms with Crippen molar-refractivity contribution in [2.75, 3.05) is 7.11 Å². The lowest BCUT2D eigenvalue weighted by atomic mass is 10.0. The van der Waals surface area contributed by atoms with E-state index in [0.29, 0.717) is 6.42 Å². The summed E-state index contributed by atoms with van der Waals surface area (Å²) in [6, 6.07) is -0.972. The first kappa shape index (κ1) is 14.4. The SMILES string of the molecule is COC(=O)C1OC1C(=O)N[C@@H](CC(C)C)C(=O)O. The van der Waals surface area contributed by atoms with Crippen molar-refractivity contribution < 1.29 is 29.0 Å². The Kier molecular flexibility index (Phi) is 4.66. The lowest BCUT2D eigenvalue weighted by Gasteiger charge is -2.15. The maximum atomic E-state index is 11.6. The van der Waals surface area contributed by atoms with Crippen molar-refractivity contribution in [2.45, 2.75) is 38.5 Å². The molecule has 0 aromatic carbocycles. The van der Waals surface area contributed by atoms with Gasteiger partial charge in [-0.25, -0.2) is 9.59 Å². The standard InChI is InChI=1S/C11H17NO6/c1-5(2)4-6(10(14)15)12-9(13)7-8(18-7)11(16)17-3/h5-8H,4H2,1-3H3,(H,12,13)(H,14,15)/t6-,7?,8?/m0/s1. The number of esters is 1. The van der Waals surface area contributed by atoms with E-state index in [1.54, 1.807) is 0 Å². The Morgan fingerprint density at radius 2 is 1.94 bits per heavy atom. The van der Waals surface area contributed by atoms with Gasteiger partial charge in [-0.2, -0.15) is 0 Å². The van der Waals surface area contributed by atoms with Gasteiger partial charge in [-0.05, 0) is 12.3 Å². The predicted octanol–water partition coefficient (Wildman–Crippen LogP) is -0.458. The van der Waals surface area contributed by atoms with Gasteiger partial charge >= 0.3 is 11.9 Å². The van der Waals surface area contributed by atoms with E-state index in [4.69, 9.17) is 9.84 Å². The Morgan fingerprint density at radius 1 is 1.33 bits per heavy atom. The first-order chi connectivity index (χ1) is 8.36. The number of carboxylic acids is 1. The fourth-order valence-corrected chi connectivity index (χ4v) is 1.55. The highest BCUT2D eigenvalue weighted by Gasteiger charge is 2.51. The molecule has 102 valence electrons. The summed E-state index contributed by atoms with van der Waals surface area (Å²) in [6.45, 7) is 3.71. The molecule has 1 saturated heterocycles. The molecule has 0 saturated carbocycles. The highest BCUT2D eigenvalue weighted by atomic mass is 16.6. The molecule has 1 heterocycles. The number of epoxide rings is 1.